The van der Waals surface area contributed by atoms with Crippen LogP contribution in [0, 0.1) is 5.92 Å². The van der Waals surface area contributed by atoms with Crippen LogP contribution in [0.5, 0.6) is 0 Å². The molecule has 1 aromatic heterocycles. The van der Waals surface area contributed by atoms with Gasteiger partial charge in [-0.15, -0.1) is 0 Å². The fourth-order valence-electron chi connectivity index (χ4n) is 1.90. The first kappa shape index (κ1) is 13.1. The van der Waals surface area contributed by atoms with Gasteiger partial charge in [-0.1, -0.05) is 0 Å². The van der Waals surface area contributed by atoms with Gasteiger partial charge in [-0.05, 0) is 46.8 Å². The van der Waals surface area contributed by atoms with Crippen LogP contribution in [0.2, 0.25) is 0 Å². The first-order valence-corrected chi connectivity index (χ1v) is 7.52. The van der Waals surface area contributed by atoms with Crippen molar-refractivity contribution in [1.29, 1.82) is 0 Å². The summed E-state index contributed by atoms with van der Waals surface area (Å²) in [6.07, 6.45) is 1.07. The van der Waals surface area contributed by atoms with Gasteiger partial charge in [0.2, 0.25) is 5.09 Å². The molecule has 1 aromatic rings. The van der Waals surface area contributed by atoms with Gasteiger partial charge < -0.3 is 9.52 Å². The molecule has 1 saturated carbocycles. The highest BCUT2D eigenvalue weighted by molar-refractivity contribution is 9.10. The molecule has 1 fully saturated rings. The van der Waals surface area contributed by atoms with Gasteiger partial charge >= 0.3 is 0 Å². The molecule has 96 valence electrons. The third kappa shape index (κ3) is 2.73. The summed E-state index contributed by atoms with van der Waals surface area (Å²) in [4.78, 5) is 0. The first-order valence-electron chi connectivity index (χ1n) is 5.29. The standard InChI is InChI=1S/C10H14BrNO4S/c1-12(6-7-4-8(13)5-7)17(14,15)10-3-2-9(11)16-10/h2-3,7-8,13H,4-6H2,1H3. The third-order valence-electron chi connectivity index (χ3n) is 2.94. The van der Waals surface area contributed by atoms with E-state index in [0.717, 1.165) is 0 Å². The Morgan fingerprint density at radius 2 is 2.18 bits per heavy atom. The van der Waals surface area contributed by atoms with E-state index in [2.05, 4.69) is 15.9 Å². The second kappa shape index (κ2) is 4.72. The lowest BCUT2D eigenvalue weighted by molar-refractivity contribution is 0.0366. The molecule has 0 aliphatic heterocycles. The molecule has 0 amide bonds. The Labute approximate surface area is 109 Å². The molecule has 2 rings (SSSR count). The van der Waals surface area contributed by atoms with Gasteiger partial charge in [-0.25, -0.2) is 8.42 Å². The van der Waals surface area contributed by atoms with Crippen LogP contribution in [0.4, 0.5) is 0 Å². The van der Waals surface area contributed by atoms with E-state index in [1.165, 1.54) is 17.4 Å². The van der Waals surface area contributed by atoms with Crippen molar-refractivity contribution in [3.63, 3.8) is 0 Å². The van der Waals surface area contributed by atoms with Gasteiger partial charge in [0, 0.05) is 13.6 Å². The van der Waals surface area contributed by atoms with Crippen LogP contribution in [0.25, 0.3) is 0 Å². The van der Waals surface area contributed by atoms with E-state index in [-0.39, 0.29) is 17.1 Å². The van der Waals surface area contributed by atoms with E-state index in [9.17, 15) is 8.42 Å². The van der Waals surface area contributed by atoms with E-state index < -0.39 is 10.0 Å². The molecule has 0 radical (unpaired) electrons. The highest BCUT2D eigenvalue weighted by atomic mass is 79.9. The summed E-state index contributed by atoms with van der Waals surface area (Å²) in [5, 5.41) is 9.10. The fourth-order valence-corrected chi connectivity index (χ4v) is 3.46. The Hall–Kier alpha value is -0.370. The number of sulfonamides is 1. The summed E-state index contributed by atoms with van der Waals surface area (Å²) < 4.78 is 30.8. The average Bonchev–Trinajstić information content (AvgIpc) is 2.63. The van der Waals surface area contributed by atoms with Crippen molar-refractivity contribution in [1.82, 2.24) is 4.31 Å². The summed E-state index contributed by atoms with van der Waals surface area (Å²) in [6.45, 7) is 0.414. The van der Waals surface area contributed by atoms with Crippen molar-refractivity contribution in [3.8, 4) is 0 Å². The smallest absolute Gasteiger partial charge is 0.276 e. The molecule has 0 atom stereocenters. The zero-order valence-electron chi connectivity index (χ0n) is 9.34. The molecule has 1 aliphatic carbocycles. The lowest BCUT2D eigenvalue weighted by Gasteiger charge is -2.33. The average molecular weight is 324 g/mol. The number of aliphatic hydroxyl groups excluding tert-OH is 1. The minimum atomic E-state index is -3.55. The molecule has 7 heteroatoms. The Bertz CT molecular complexity index is 492. The van der Waals surface area contributed by atoms with Crippen molar-refractivity contribution in [3.05, 3.63) is 16.8 Å². The number of nitrogens with zero attached hydrogens (tertiary/aromatic N) is 1. The number of aliphatic hydroxyl groups is 1. The second-order valence-electron chi connectivity index (χ2n) is 4.34. The molecule has 5 nitrogen and oxygen atoms in total. The van der Waals surface area contributed by atoms with Crippen molar-refractivity contribution < 1.29 is 17.9 Å². The van der Waals surface area contributed by atoms with Crippen molar-refractivity contribution in [2.45, 2.75) is 24.0 Å². The van der Waals surface area contributed by atoms with E-state index >= 15 is 0 Å². The second-order valence-corrected chi connectivity index (χ2v) is 7.09. The van der Waals surface area contributed by atoms with E-state index in [4.69, 9.17) is 9.52 Å². The van der Waals surface area contributed by atoms with Crippen LogP contribution < -0.4 is 0 Å². The van der Waals surface area contributed by atoms with Gasteiger partial charge in [0.15, 0.2) is 4.67 Å². The number of hydrogen-bond acceptors (Lipinski definition) is 4. The third-order valence-corrected chi connectivity index (χ3v) is 5.06. The van der Waals surface area contributed by atoms with Crippen molar-refractivity contribution in [2.24, 2.45) is 5.92 Å². The largest absolute Gasteiger partial charge is 0.437 e. The molecule has 0 saturated heterocycles. The van der Waals surface area contributed by atoms with Gasteiger partial charge in [0.05, 0.1) is 6.10 Å². The maximum Gasteiger partial charge on any atom is 0.276 e. The molecular weight excluding hydrogens is 310 g/mol. The monoisotopic (exact) mass is 323 g/mol. The predicted molar refractivity (Wildman–Crippen MR) is 65.0 cm³/mol. The van der Waals surface area contributed by atoms with Crippen LogP contribution in [0.15, 0.2) is 26.3 Å². The van der Waals surface area contributed by atoms with E-state index in [1.807, 2.05) is 0 Å². The molecule has 1 heterocycles. The number of rotatable bonds is 4. The summed E-state index contributed by atoms with van der Waals surface area (Å²) in [5.74, 6) is 0.239. The van der Waals surface area contributed by atoms with Crippen LogP contribution in [0.3, 0.4) is 0 Å². The predicted octanol–water partition coefficient (Wildman–Crippen LogP) is 1.43. The Kier molecular flexibility index (Phi) is 3.63. The molecule has 1 N–H and O–H groups in total. The summed E-state index contributed by atoms with van der Waals surface area (Å²) in [5.41, 5.74) is 0. The molecule has 0 bridgehead atoms. The normalized spacial score (nSPS) is 24.9. The van der Waals surface area contributed by atoms with Gasteiger partial charge in [0.25, 0.3) is 10.0 Å². The van der Waals surface area contributed by atoms with Crippen LogP contribution in [-0.4, -0.2) is 37.5 Å². The van der Waals surface area contributed by atoms with Crippen molar-refractivity contribution >= 4 is 26.0 Å². The Balaban J connectivity index is 2.05. The van der Waals surface area contributed by atoms with Crippen molar-refractivity contribution in [2.75, 3.05) is 13.6 Å². The van der Waals surface area contributed by atoms with Crippen LogP contribution >= 0.6 is 15.9 Å². The molecule has 0 aromatic carbocycles. The van der Waals surface area contributed by atoms with Crippen LogP contribution in [0.1, 0.15) is 12.8 Å². The minimum absolute atomic E-state index is 0.0632. The summed E-state index contributed by atoms with van der Waals surface area (Å²) >= 11 is 3.07. The zero-order valence-corrected chi connectivity index (χ0v) is 11.7. The number of halogens is 1. The SMILES string of the molecule is CN(CC1CC(O)C1)S(=O)(=O)c1ccc(Br)o1. The maximum absolute atomic E-state index is 12.1. The first-order chi connectivity index (χ1) is 7.89. The highest BCUT2D eigenvalue weighted by Gasteiger charge is 2.32. The maximum atomic E-state index is 12.1. The number of furan rings is 1. The van der Waals surface area contributed by atoms with Crippen LogP contribution in [-0.2, 0) is 10.0 Å². The zero-order chi connectivity index (χ0) is 12.6. The molecule has 0 unspecified atom stereocenters. The molecule has 1 aliphatic rings. The molecular formula is C10H14BrNO4S. The summed E-state index contributed by atoms with van der Waals surface area (Å²) in [7, 11) is -2.03. The molecule has 17 heavy (non-hydrogen) atoms. The van der Waals surface area contributed by atoms with E-state index in [1.54, 1.807) is 6.07 Å². The Morgan fingerprint density at radius 1 is 1.53 bits per heavy atom. The van der Waals surface area contributed by atoms with Gasteiger partial charge in [-0.3, -0.25) is 0 Å². The topological polar surface area (TPSA) is 70.8 Å². The van der Waals surface area contributed by atoms with E-state index in [0.29, 0.717) is 24.1 Å². The van der Waals surface area contributed by atoms with Gasteiger partial charge in [-0.2, -0.15) is 4.31 Å². The summed E-state index contributed by atoms with van der Waals surface area (Å²) in [6, 6.07) is 2.97. The van der Waals surface area contributed by atoms with Gasteiger partial charge in [0.1, 0.15) is 0 Å². The minimum Gasteiger partial charge on any atom is -0.437 e. The quantitative estimate of drug-likeness (QED) is 0.910. The molecule has 0 spiro atoms. The number of hydrogen-bond donors (Lipinski definition) is 1. The lowest BCUT2D eigenvalue weighted by Crippen LogP contribution is -2.39. The fraction of sp³-hybridized carbons (Fsp3) is 0.600. The highest BCUT2D eigenvalue weighted by Crippen LogP contribution is 2.29. The Morgan fingerprint density at radius 3 is 2.65 bits per heavy atom. The lowest BCUT2D eigenvalue weighted by atomic mass is 9.82.